The minimum absolute atomic E-state index is 0.000182. The van der Waals surface area contributed by atoms with Crippen LogP contribution in [0.4, 0.5) is 4.39 Å². The number of hydrogen-bond donors (Lipinski definition) is 0. The van der Waals surface area contributed by atoms with Gasteiger partial charge in [-0.25, -0.2) is 4.39 Å². The number of rotatable bonds is 4. The second kappa shape index (κ2) is 6.10. The van der Waals surface area contributed by atoms with Crippen molar-refractivity contribution in [2.75, 3.05) is 13.2 Å². The Morgan fingerprint density at radius 1 is 1.19 bits per heavy atom. The predicted molar refractivity (Wildman–Crippen MR) is 74.0 cm³/mol. The quantitative estimate of drug-likeness (QED) is 0.809. The van der Waals surface area contributed by atoms with E-state index in [0.717, 1.165) is 12.8 Å². The first-order valence-corrected chi connectivity index (χ1v) is 6.86. The van der Waals surface area contributed by atoms with Gasteiger partial charge >= 0.3 is 0 Å². The van der Waals surface area contributed by atoms with Crippen molar-refractivity contribution in [3.63, 3.8) is 0 Å². The molecule has 0 amide bonds. The summed E-state index contributed by atoms with van der Waals surface area (Å²) >= 11 is 0. The SMILES string of the molecule is O=Cc1ccc(-c2c(F)cccc2OC2CCOCC2)o1. The maximum atomic E-state index is 14.2. The smallest absolute Gasteiger partial charge is 0.185 e. The fourth-order valence-corrected chi connectivity index (χ4v) is 2.37. The lowest BCUT2D eigenvalue weighted by Gasteiger charge is -2.24. The van der Waals surface area contributed by atoms with E-state index in [4.69, 9.17) is 13.9 Å². The predicted octanol–water partition coefficient (Wildman–Crippen LogP) is 3.46. The van der Waals surface area contributed by atoms with Crippen LogP contribution >= 0.6 is 0 Å². The van der Waals surface area contributed by atoms with Crippen LogP contribution in [0.2, 0.25) is 0 Å². The van der Waals surface area contributed by atoms with E-state index in [0.29, 0.717) is 25.2 Å². The topological polar surface area (TPSA) is 48.7 Å². The highest BCUT2D eigenvalue weighted by Gasteiger charge is 2.20. The number of furan rings is 1. The van der Waals surface area contributed by atoms with E-state index in [9.17, 15) is 9.18 Å². The highest BCUT2D eigenvalue weighted by molar-refractivity contribution is 5.74. The Labute approximate surface area is 121 Å². The molecule has 0 N–H and O–H groups in total. The van der Waals surface area contributed by atoms with Crippen molar-refractivity contribution in [1.82, 2.24) is 0 Å². The van der Waals surface area contributed by atoms with Crippen LogP contribution in [0.25, 0.3) is 11.3 Å². The highest BCUT2D eigenvalue weighted by atomic mass is 19.1. The maximum absolute atomic E-state index is 14.2. The molecule has 0 radical (unpaired) electrons. The molecule has 21 heavy (non-hydrogen) atoms. The molecule has 2 aromatic rings. The number of aldehydes is 1. The van der Waals surface area contributed by atoms with Gasteiger partial charge in [-0.05, 0) is 24.3 Å². The van der Waals surface area contributed by atoms with Gasteiger partial charge in [0.05, 0.1) is 18.8 Å². The minimum Gasteiger partial charge on any atom is -0.489 e. The summed E-state index contributed by atoms with van der Waals surface area (Å²) < 4.78 is 30.6. The van der Waals surface area contributed by atoms with Gasteiger partial charge < -0.3 is 13.9 Å². The molecule has 1 aliphatic heterocycles. The van der Waals surface area contributed by atoms with Crippen molar-refractivity contribution < 1.29 is 23.1 Å². The first kappa shape index (κ1) is 13.8. The van der Waals surface area contributed by atoms with Crippen molar-refractivity contribution in [2.45, 2.75) is 18.9 Å². The van der Waals surface area contributed by atoms with E-state index in [2.05, 4.69) is 0 Å². The second-order valence-corrected chi connectivity index (χ2v) is 4.86. The number of carbonyl (C=O) groups excluding carboxylic acids is 1. The molecule has 5 heteroatoms. The summed E-state index contributed by atoms with van der Waals surface area (Å²) in [6, 6.07) is 7.72. The van der Waals surface area contributed by atoms with Gasteiger partial charge in [0.25, 0.3) is 0 Å². The van der Waals surface area contributed by atoms with Gasteiger partial charge in [-0.2, -0.15) is 0 Å². The molecule has 0 aliphatic carbocycles. The van der Waals surface area contributed by atoms with E-state index in [-0.39, 0.29) is 23.2 Å². The summed E-state index contributed by atoms with van der Waals surface area (Å²) in [6.45, 7) is 1.29. The van der Waals surface area contributed by atoms with E-state index in [1.165, 1.54) is 12.1 Å². The standard InChI is InChI=1S/C16H15FO4/c17-13-2-1-3-14(20-11-6-8-19-9-7-11)16(13)15-5-4-12(10-18)21-15/h1-5,10-11H,6-9H2. The lowest BCUT2D eigenvalue weighted by atomic mass is 10.1. The number of halogens is 1. The second-order valence-electron chi connectivity index (χ2n) is 4.86. The first-order chi connectivity index (χ1) is 10.3. The molecular formula is C16H15FO4. The number of carbonyl (C=O) groups is 1. The Hall–Kier alpha value is -2.14. The largest absolute Gasteiger partial charge is 0.489 e. The van der Waals surface area contributed by atoms with Crippen LogP contribution in [0.15, 0.2) is 34.7 Å². The number of benzene rings is 1. The Balaban J connectivity index is 1.92. The van der Waals surface area contributed by atoms with Gasteiger partial charge in [-0.15, -0.1) is 0 Å². The van der Waals surface area contributed by atoms with Gasteiger partial charge in [-0.3, -0.25) is 4.79 Å². The van der Waals surface area contributed by atoms with Crippen molar-refractivity contribution in [3.05, 3.63) is 41.9 Å². The first-order valence-electron chi connectivity index (χ1n) is 6.86. The zero-order valence-corrected chi connectivity index (χ0v) is 11.4. The molecule has 0 unspecified atom stereocenters. The average molecular weight is 290 g/mol. The molecule has 1 aliphatic rings. The van der Waals surface area contributed by atoms with Crippen LogP contribution in [-0.2, 0) is 4.74 Å². The van der Waals surface area contributed by atoms with E-state index in [1.54, 1.807) is 18.2 Å². The molecule has 1 fully saturated rings. The summed E-state index contributed by atoms with van der Waals surface area (Å²) in [7, 11) is 0. The Morgan fingerprint density at radius 2 is 2.00 bits per heavy atom. The zero-order valence-electron chi connectivity index (χ0n) is 11.4. The van der Waals surface area contributed by atoms with Gasteiger partial charge in [0.2, 0.25) is 0 Å². The monoisotopic (exact) mass is 290 g/mol. The van der Waals surface area contributed by atoms with Gasteiger partial charge in [0.1, 0.15) is 23.4 Å². The molecule has 3 rings (SSSR count). The number of hydrogen-bond acceptors (Lipinski definition) is 4. The van der Waals surface area contributed by atoms with E-state index >= 15 is 0 Å². The van der Waals surface area contributed by atoms with Gasteiger partial charge in [0, 0.05) is 12.8 Å². The van der Waals surface area contributed by atoms with Crippen LogP contribution in [-0.4, -0.2) is 25.6 Å². The van der Waals surface area contributed by atoms with Gasteiger partial charge in [0.15, 0.2) is 12.0 Å². The van der Waals surface area contributed by atoms with E-state index in [1.807, 2.05) is 0 Å². The molecule has 4 nitrogen and oxygen atoms in total. The zero-order chi connectivity index (χ0) is 14.7. The molecule has 1 aromatic heterocycles. The fraction of sp³-hybridized carbons (Fsp3) is 0.312. The van der Waals surface area contributed by atoms with Crippen molar-refractivity contribution >= 4 is 6.29 Å². The third kappa shape index (κ3) is 2.97. The Bertz CT molecular complexity index is 629. The van der Waals surface area contributed by atoms with Crippen molar-refractivity contribution in [2.24, 2.45) is 0 Å². The summed E-state index contributed by atoms with van der Waals surface area (Å²) in [5.41, 5.74) is 0.247. The maximum Gasteiger partial charge on any atom is 0.185 e. The molecular weight excluding hydrogens is 275 g/mol. The molecule has 0 atom stereocenters. The van der Waals surface area contributed by atoms with E-state index < -0.39 is 5.82 Å². The lowest BCUT2D eigenvalue weighted by Crippen LogP contribution is -2.26. The molecule has 110 valence electrons. The molecule has 0 bridgehead atoms. The Kier molecular flexibility index (Phi) is 4.01. The molecule has 0 saturated carbocycles. The molecule has 2 heterocycles. The third-order valence-corrected chi connectivity index (χ3v) is 3.43. The third-order valence-electron chi connectivity index (χ3n) is 3.43. The average Bonchev–Trinajstić information content (AvgIpc) is 2.97. The molecule has 1 saturated heterocycles. The van der Waals surface area contributed by atoms with Gasteiger partial charge in [-0.1, -0.05) is 6.07 Å². The summed E-state index contributed by atoms with van der Waals surface area (Å²) in [5.74, 6) is 0.433. The van der Waals surface area contributed by atoms with Crippen LogP contribution in [0.1, 0.15) is 23.4 Å². The van der Waals surface area contributed by atoms with Crippen molar-refractivity contribution in [3.8, 4) is 17.1 Å². The van der Waals surface area contributed by atoms with Crippen LogP contribution in [0.3, 0.4) is 0 Å². The number of ether oxygens (including phenoxy) is 2. The van der Waals surface area contributed by atoms with Crippen LogP contribution < -0.4 is 4.74 Å². The molecule has 1 aromatic carbocycles. The van der Waals surface area contributed by atoms with Crippen LogP contribution in [0.5, 0.6) is 5.75 Å². The summed E-state index contributed by atoms with van der Waals surface area (Å²) in [4.78, 5) is 10.7. The fourth-order valence-electron chi connectivity index (χ4n) is 2.37. The normalized spacial score (nSPS) is 15.9. The van der Waals surface area contributed by atoms with Crippen LogP contribution in [0, 0.1) is 5.82 Å². The molecule has 0 spiro atoms. The Morgan fingerprint density at radius 3 is 2.71 bits per heavy atom. The summed E-state index contributed by atoms with van der Waals surface area (Å²) in [5, 5.41) is 0. The van der Waals surface area contributed by atoms with Crippen molar-refractivity contribution in [1.29, 1.82) is 0 Å². The highest BCUT2D eigenvalue weighted by Crippen LogP contribution is 2.35. The summed E-state index contributed by atoms with van der Waals surface area (Å²) in [6.07, 6.45) is 2.13. The minimum atomic E-state index is -0.439. The lowest BCUT2D eigenvalue weighted by molar-refractivity contribution is 0.0256.